The molecule has 4 aromatic carbocycles. The van der Waals surface area contributed by atoms with E-state index < -0.39 is 17.4 Å². The summed E-state index contributed by atoms with van der Waals surface area (Å²) in [5, 5.41) is 20.3. The van der Waals surface area contributed by atoms with E-state index in [1.165, 1.54) is 58.2 Å². The molecule has 0 radical (unpaired) electrons. The van der Waals surface area contributed by atoms with E-state index in [0.29, 0.717) is 56.3 Å². The van der Waals surface area contributed by atoms with Crippen LogP contribution < -0.4 is 4.74 Å². The number of aliphatic hydroxyl groups is 2. The van der Waals surface area contributed by atoms with Gasteiger partial charge in [0.25, 0.3) is 0 Å². The number of unbranched alkanes of at least 4 members (excludes halogenated alkanes) is 2. The predicted molar refractivity (Wildman–Crippen MR) is 250 cm³/mol. The minimum atomic E-state index is -0.650. The summed E-state index contributed by atoms with van der Waals surface area (Å²) < 4.78 is 17.6. The van der Waals surface area contributed by atoms with Gasteiger partial charge in [-0.25, -0.2) is 9.59 Å². The topological polar surface area (TPSA) is 102 Å². The minimum Gasteiger partial charge on any atom is -0.493 e. The van der Waals surface area contributed by atoms with Crippen molar-refractivity contribution in [2.75, 3.05) is 33.0 Å². The SMILES string of the molecule is C=C(C)C(=O)OCCCc1cc(-c2ccc(-c3ccc(-c4ccc(CCCCC)cc4)c(CC)c3)cc2CC)cc(CCCOC(=O)C(=C)C)c1OCCC(CC)(CO)CO. The molecule has 0 spiro atoms. The van der Waals surface area contributed by atoms with Crippen molar-refractivity contribution in [1.29, 1.82) is 0 Å². The molecule has 0 aliphatic rings. The molecular formula is C54H70O7. The Labute approximate surface area is 365 Å². The first-order valence-electron chi connectivity index (χ1n) is 22.4. The zero-order valence-corrected chi connectivity index (χ0v) is 37.8. The van der Waals surface area contributed by atoms with Gasteiger partial charge in [0.2, 0.25) is 0 Å². The third-order valence-electron chi connectivity index (χ3n) is 11.8. The number of aliphatic hydroxyl groups excluding tert-OH is 2. The van der Waals surface area contributed by atoms with Gasteiger partial charge < -0.3 is 24.4 Å². The first kappa shape index (κ1) is 48.7. The molecule has 0 saturated heterocycles. The van der Waals surface area contributed by atoms with Crippen LogP contribution in [0.3, 0.4) is 0 Å². The first-order valence-corrected chi connectivity index (χ1v) is 22.4. The van der Waals surface area contributed by atoms with E-state index in [-0.39, 0.29) is 26.4 Å². The van der Waals surface area contributed by atoms with Gasteiger partial charge >= 0.3 is 11.9 Å². The maximum Gasteiger partial charge on any atom is 0.333 e. The predicted octanol–water partition coefficient (Wildman–Crippen LogP) is 11.8. The minimum absolute atomic E-state index is 0.142. The van der Waals surface area contributed by atoms with Crippen molar-refractivity contribution in [3.63, 3.8) is 0 Å². The third kappa shape index (κ3) is 13.8. The van der Waals surface area contributed by atoms with Crippen molar-refractivity contribution in [3.05, 3.63) is 125 Å². The van der Waals surface area contributed by atoms with Crippen molar-refractivity contribution in [3.8, 4) is 39.1 Å². The van der Waals surface area contributed by atoms with Crippen molar-refractivity contribution in [2.24, 2.45) is 5.41 Å². The molecule has 0 saturated carbocycles. The van der Waals surface area contributed by atoms with Gasteiger partial charge in [0.1, 0.15) is 5.75 Å². The lowest BCUT2D eigenvalue weighted by Crippen LogP contribution is -2.31. The van der Waals surface area contributed by atoms with Gasteiger partial charge in [-0.2, -0.15) is 0 Å². The highest BCUT2D eigenvalue weighted by atomic mass is 16.5. The number of carbonyl (C=O) groups is 2. The van der Waals surface area contributed by atoms with E-state index in [0.717, 1.165) is 47.3 Å². The molecule has 0 atom stereocenters. The van der Waals surface area contributed by atoms with Crippen LogP contribution in [-0.4, -0.2) is 55.2 Å². The van der Waals surface area contributed by atoms with Gasteiger partial charge in [-0.1, -0.05) is 114 Å². The van der Waals surface area contributed by atoms with Crippen LogP contribution in [-0.2, 0) is 51.2 Å². The lowest BCUT2D eigenvalue weighted by Gasteiger charge is -2.28. The molecule has 0 aliphatic heterocycles. The average molecular weight is 831 g/mol. The van der Waals surface area contributed by atoms with E-state index in [2.05, 4.69) is 107 Å². The standard InChI is InChI=1S/C54H70O7/c1-9-13-14-17-40-20-22-43(23-21-40)49-26-24-44(32-41(49)10-2)45-25-27-50(42(11-3)33-45)48-34-46(18-15-29-60-52(57)38(5)6)51(59-31-28-54(12-4,36-55)37-56)47(35-48)19-16-30-61-53(58)39(7)8/h20-27,32-35,55-56H,5,7,9-19,28-31,36-37H2,1-4,6,8H3. The molecule has 2 N–H and O–H groups in total. The molecule has 7 heteroatoms. The summed E-state index contributed by atoms with van der Waals surface area (Å²) in [5.41, 5.74) is 13.0. The van der Waals surface area contributed by atoms with Gasteiger partial charge in [-0.3, -0.25) is 0 Å². The van der Waals surface area contributed by atoms with E-state index in [4.69, 9.17) is 14.2 Å². The Morgan fingerprint density at radius 3 is 1.49 bits per heavy atom. The molecule has 328 valence electrons. The Hall–Kier alpha value is -4.98. The molecule has 0 amide bonds. The Morgan fingerprint density at radius 2 is 1.05 bits per heavy atom. The Balaban J connectivity index is 1.73. The second-order valence-corrected chi connectivity index (χ2v) is 16.5. The number of carbonyl (C=O) groups excluding carboxylic acids is 2. The summed E-state index contributed by atoms with van der Waals surface area (Å²) >= 11 is 0. The fourth-order valence-electron chi connectivity index (χ4n) is 7.67. The van der Waals surface area contributed by atoms with Crippen LogP contribution in [0.25, 0.3) is 33.4 Å². The number of hydrogen-bond donors (Lipinski definition) is 2. The number of ether oxygens (including phenoxy) is 3. The second kappa shape index (κ2) is 24.5. The molecule has 0 aromatic heterocycles. The van der Waals surface area contributed by atoms with E-state index in [1.807, 2.05) is 6.92 Å². The molecule has 4 aromatic rings. The number of rotatable bonds is 26. The molecule has 4 rings (SSSR count). The zero-order chi connectivity index (χ0) is 44.4. The lowest BCUT2D eigenvalue weighted by atomic mass is 9.84. The van der Waals surface area contributed by atoms with Gasteiger partial charge in [-0.15, -0.1) is 0 Å². The van der Waals surface area contributed by atoms with Crippen molar-refractivity contribution in [1.82, 2.24) is 0 Å². The summed E-state index contributed by atoms with van der Waals surface area (Å²) in [6.45, 7) is 19.8. The maximum absolute atomic E-state index is 12.2. The normalized spacial score (nSPS) is 11.3. The monoisotopic (exact) mass is 831 g/mol. The van der Waals surface area contributed by atoms with Crippen molar-refractivity contribution >= 4 is 11.9 Å². The maximum atomic E-state index is 12.2. The fraction of sp³-hybridized carbons (Fsp3) is 0.444. The average Bonchev–Trinajstić information content (AvgIpc) is 3.28. The molecule has 0 aliphatic carbocycles. The first-order chi connectivity index (χ1) is 29.4. The highest BCUT2D eigenvalue weighted by molar-refractivity contribution is 5.87. The largest absolute Gasteiger partial charge is 0.493 e. The highest BCUT2D eigenvalue weighted by Gasteiger charge is 2.27. The molecule has 7 nitrogen and oxygen atoms in total. The van der Waals surface area contributed by atoms with E-state index in [9.17, 15) is 19.8 Å². The summed E-state index contributed by atoms with van der Waals surface area (Å²) in [4.78, 5) is 24.4. The Kier molecular flexibility index (Phi) is 19.5. The van der Waals surface area contributed by atoms with Crippen LogP contribution in [0.5, 0.6) is 5.75 Å². The summed E-state index contributed by atoms with van der Waals surface area (Å²) in [6, 6.07) is 27.0. The third-order valence-corrected chi connectivity index (χ3v) is 11.8. The summed E-state index contributed by atoms with van der Waals surface area (Å²) in [6.07, 6.45) is 9.97. The van der Waals surface area contributed by atoms with Crippen LogP contribution in [0, 0.1) is 5.41 Å². The van der Waals surface area contributed by atoms with Crippen molar-refractivity contribution < 1.29 is 34.0 Å². The summed E-state index contributed by atoms with van der Waals surface area (Å²) in [5.74, 6) is -0.103. The van der Waals surface area contributed by atoms with Crippen LogP contribution in [0.4, 0.5) is 0 Å². The van der Waals surface area contributed by atoms with E-state index in [1.54, 1.807) is 13.8 Å². The molecule has 61 heavy (non-hydrogen) atoms. The zero-order valence-electron chi connectivity index (χ0n) is 37.8. The van der Waals surface area contributed by atoms with Crippen molar-refractivity contribution in [2.45, 2.75) is 119 Å². The van der Waals surface area contributed by atoms with Gasteiger partial charge in [-0.05, 0) is 151 Å². The highest BCUT2D eigenvalue weighted by Crippen LogP contribution is 2.38. The summed E-state index contributed by atoms with van der Waals surface area (Å²) in [7, 11) is 0. The van der Waals surface area contributed by atoms with Gasteiger partial charge in [0, 0.05) is 16.6 Å². The number of hydrogen-bond acceptors (Lipinski definition) is 7. The van der Waals surface area contributed by atoms with Crippen LogP contribution >= 0.6 is 0 Å². The molecule has 0 bridgehead atoms. The number of benzene rings is 4. The second-order valence-electron chi connectivity index (χ2n) is 16.5. The fourth-order valence-corrected chi connectivity index (χ4v) is 7.67. The molecule has 0 unspecified atom stereocenters. The number of esters is 2. The van der Waals surface area contributed by atoms with Gasteiger partial charge in [0.05, 0.1) is 33.0 Å². The smallest absolute Gasteiger partial charge is 0.333 e. The number of aryl methyl sites for hydroxylation is 5. The van der Waals surface area contributed by atoms with Crippen LogP contribution in [0.15, 0.2) is 97.1 Å². The molecule has 0 fully saturated rings. The lowest BCUT2D eigenvalue weighted by molar-refractivity contribution is -0.139. The van der Waals surface area contributed by atoms with Crippen LogP contribution in [0.1, 0.15) is 114 Å². The van der Waals surface area contributed by atoms with E-state index >= 15 is 0 Å². The van der Waals surface area contributed by atoms with Gasteiger partial charge in [0.15, 0.2) is 0 Å². The molecule has 0 heterocycles. The Morgan fingerprint density at radius 1 is 0.574 bits per heavy atom. The quantitative estimate of drug-likeness (QED) is 0.0369. The Bertz CT molecular complexity index is 2010. The van der Waals surface area contributed by atoms with Crippen LogP contribution in [0.2, 0.25) is 0 Å². The molecular weight excluding hydrogens is 761 g/mol.